The maximum atomic E-state index is 11.8. The number of aliphatic hydroxyl groups is 1. The number of unbranched alkanes of at least 4 members (excludes halogenated alkanes) is 2. The first kappa shape index (κ1) is 22.2. The lowest BCUT2D eigenvalue weighted by Crippen LogP contribution is -2.38. The highest BCUT2D eigenvalue weighted by Gasteiger charge is 2.49. The molecule has 29 heavy (non-hydrogen) atoms. The predicted molar refractivity (Wildman–Crippen MR) is 107 cm³/mol. The molecule has 1 aromatic rings. The minimum Gasteiger partial charge on any atom is -0.461 e. The lowest BCUT2D eigenvalue weighted by Gasteiger charge is -2.23. The number of hydrogen-bond donors (Lipinski definition) is 2. The van der Waals surface area contributed by atoms with Crippen molar-refractivity contribution in [2.45, 2.75) is 82.9 Å². The van der Waals surface area contributed by atoms with Crippen molar-refractivity contribution in [2.24, 2.45) is 0 Å². The third kappa shape index (κ3) is 7.04. The smallest absolute Gasteiger partial charge is 0.306 e. The summed E-state index contributed by atoms with van der Waals surface area (Å²) in [5.41, 5.74) is 1.00. The maximum Gasteiger partial charge on any atom is 0.306 e. The average molecular weight is 408 g/mol. The molecule has 0 radical (unpaired) electrons. The molecule has 0 amide bonds. The van der Waals surface area contributed by atoms with Crippen LogP contribution in [0.4, 0.5) is 0 Å². The zero-order valence-electron chi connectivity index (χ0n) is 17.3. The molecule has 3 rings (SSSR count). The largest absolute Gasteiger partial charge is 0.461 e. The SMILES string of the molecule is CC1(C)O[C@H]2O[C@H]([C@H](O)CNCCCCCC(=O)OCc3ccccc3)C[C@H]2O1. The van der Waals surface area contributed by atoms with Gasteiger partial charge in [0.25, 0.3) is 0 Å². The summed E-state index contributed by atoms with van der Waals surface area (Å²) in [6.45, 7) is 5.31. The molecule has 2 fully saturated rings. The van der Waals surface area contributed by atoms with Gasteiger partial charge in [-0.3, -0.25) is 4.79 Å². The van der Waals surface area contributed by atoms with Gasteiger partial charge in [0.15, 0.2) is 12.1 Å². The molecule has 4 atom stereocenters. The second kappa shape index (κ2) is 10.5. The van der Waals surface area contributed by atoms with E-state index < -0.39 is 11.9 Å². The van der Waals surface area contributed by atoms with E-state index in [1.807, 2.05) is 44.2 Å². The standard InChI is InChI=1S/C22H33NO6/c1-22(2)28-19-13-18(27-21(19)29-22)17(24)14-23-12-8-4-7-11-20(25)26-15-16-9-5-3-6-10-16/h3,5-6,9-10,17-19,21,23-24H,4,7-8,11-15H2,1-2H3/t17-,18+,19-,21-/m1/s1. The van der Waals surface area contributed by atoms with E-state index in [2.05, 4.69) is 5.32 Å². The van der Waals surface area contributed by atoms with Crippen molar-refractivity contribution in [1.29, 1.82) is 0 Å². The van der Waals surface area contributed by atoms with E-state index in [4.69, 9.17) is 18.9 Å². The van der Waals surface area contributed by atoms with Gasteiger partial charge < -0.3 is 29.4 Å². The summed E-state index contributed by atoms with van der Waals surface area (Å²) in [7, 11) is 0. The Hall–Kier alpha value is -1.51. The molecule has 7 heteroatoms. The number of nitrogens with one attached hydrogen (secondary N) is 1. The Kier molecular flexibility index (Phi) is 8.03. The molecule has 7 nitrogen and oxygen atoms in total. The van der Waals surface area contributed by atoms with Crippen LogP contribution in [-0.4, -0.2) is 54.6 Å². The van der Waals surface area contributed by atoms with Gasteiger partial charge in [0, 0.05) is 19.4 Å². The predicted octanol–water partition coefficient (Wildman–Crippen LogP) is 2.51. The van der Waals surface area contributed by atoms with Crippen LogP contribution in [-0.2, 0) is 30.3 Å². The van der Waals surface area contributed by atoms with Gasteiger partial charge in [-0.05, 0) is 38.8 Å². The molecule has 2 heterocycles. The summed E-state index contributed by atoms with van der Waals surface area (Å²) in [4.78, 5) is 11.8. The summed E-state index contributed by atoms with van der Waals surface area (Å²) in [5, 5.41) is 13.6. The van der Waals surface area contributed by atoms with E-state index in [9.17, 15) is 9.90 Å². The van der Waals surface area contributed by atoms with Gasteiger partial charge in [-0.25, -0.2) is 0 Å². The Morgan fingerprint density at radius 2 is 2.03 bits per heavy atom. The van der Waals surface area contributed by atoms with Crippen molar-refractivity contribution < 1.29 is 28.8 Å². The number of carbonyl (C=O) groups excluding carboxylic acids is 1. The second-order valence-corrected chi connectivity index (χ2v) is 8.18. The highest BCUT2D eigenvalue weighted by atomic mass is 16.8. The number of fused-ring (bicyclic) bond motifs is 1. The molecule has 0 spiro atoms. The summed E-state index contributed by atoms with van der Waals surface area (Å²) in [6.07, 6.45) is 2.40. The van der Waals surface area contributed by atoms with E-state index in [0.29, 0.717) is 26.0 Å². The first-order valence-corrected chi connectivity index (χ1v) is 10.5. The Balaban J connectivity index is 1.17. The monoisotopic (exact) mass is 407 g/mol. The lowest BCUT2D eigenvalue weighted by molar-refractivity contribution is -0.213. The summed E-state index contributed by atoms with van der Waals surface area (Å²) in [5.74, 6) is -0.772. The number of aliphatic hydroxyl groups excluding tert-OH is 1. The third-order valence-corrected chi connectivity index (χ3v) is 5.17. The molecule has 2 aliphatic heterocycles. The molecular formula is C22H33NO6. The van der Waals surface area contributed by atoms with Gasteiger partial charge in [0.2, 0.25) is 0 Å². The molecule has 1 aromatic carbocycles. The average Bonchev–Trinajstić information content (AvgIpc) is 3.20. The van der Waals surface area contributed by atoms with Crippen molar-refractivity contribution >= 4 is 5.97 Å². The van der Waals surface area contributed by atoms with Crippen LogP contribution in [0.2, 0.25) is 0 Å². The molecule has 0 unspecified atom stereocenters. The van der Waals surface area contributed by atoms with Gasteiger partial charge in [0.1, 0.15) is 12.7 Å². The van der Waals surface area contributed by atoms with Crippen LogP contribution in [0, 0.1) is 0 Å². The Morgan fingerprint density at radius 3 is 2.79 bits per heavy atom. The maximum absolute atomic E-state index is 11.8. The minimum atomic E-state index is -0.614. The molecule has 0 bridgehead atoms. The highest BCUT2D eigenvalue weighted by Crippen LogP contribution is 2.37. The second-order valence-electron chi connectivity index (χ2n) is 8.18. The van der Waals surface area contributed by atoms with Crippen LogP contribution in [0.1, 0.15) is 51.5 Å². The quantitative estimate of drug-likeness (QED) is 0.431. The van der Waals surface area contributed by atoms with Crippen molar-refractivity contribution in [2.75, 3.05) is 13.1 Å². The molecule has 0 aliphatic carbocycles. The fraction of sp³-hybridized carbons (Fsp3) is 0.682. The number of hydrogen-bond acceptors (Lipinski definition) is 7. The van der Waals surface area contributed by atoms with Gasteiger partial charge >= 0.3 is 5.97 Å². The number of rotatable bonds is 11. The molecule has 0 aromatic heterocycles. The molecule has 0 saturated carbocycles. The van der Waals surface area contributed by atoms with E-state index in [1.165, 1.54) is 0 Å². The van der Waals surface area contributed by atoms with Crippen LogP contribution in [0.3, 0.4) is 0 Å². The topological polar surface area (TPSA) is 86.2 Å². The zero-order valence-corrected chi connectivity index (χ0v) is 17.3. The normalized spacial score (nSPS) is 26.2. The Labute approximate surface area is 172 Å². The molecule has 2 N–H and O–H groups in total. The first-order chi connectivity index (χ1) is 13.9. The number of carbonyl (C=O) groups is 1. The molecule has 162 valence electrons. The van der Waals surface area contributed by atoms with Crippen LogP contribution in [0.5, 0.6) is 0 Å². The van der Waals surface area contributed by atoms with Crippen LogP contribution < -0.4 is 5.32 Å². The summed E-state index contributed by atoms with van der Waals surface area (Å²) >= 11 is 0. The Morgan fingerprint density at radius 1 is 1.24 bits per heavy atom. The fourth-order valence-corrected chi connectivity index (χ4v) is 3.67. The molecule has 2 saturated heterocycles. The summed E-state index contributed by atoms with van der Waals surface area (Å²) < 4.78 is 22.5. The van der Waals surface area contributed by atoms with E-state index in [0.717, 1.165) is 31.4 Å². The van der Waals surface area contributed by atoms with E-state index >= 15 is 0 Å². The molecule has 2 aliphatic rings. The highest BCUT2D eigenvalue weighted by molar-refractivity contribution is 5.69. The first-order valence-electron chi connectivity index (χ1n) is 10.5. The van der Waals surface area contributed by atoms with Crippen molar-refractivity contribution in [3.05, 3.63) is 35.9 Å². The zero-order chi connectivity index (χ0) is 20.7. The third-order valence-electron chi connectivity index (χ3n) is 5.17. The fourth-order valence-electron chi connectivity index (χ4n) is 3.67. The van der Waals surface area contributed by atoms with Gasteiger partial charge in [0.05, 0.1) is 12.2 Å². The van der Waals surface area contributed by atoms with Crippen molar-refractivity contribution in [3.8, 4) is 0 Å². The van der Waals surface area contributed by atoms with E-state index in [1.54, 1.807) is 0 Å². The lowest BCUT2D eigenvalue weighted by atomic mass is 10.1. The van der Waals surface area contributed by atoms with Crippen molar-refractivity contribution in [1.82, 2.24) is 5.32 Å². The van der Waals surface area contributed by atoms with Crippen LogP contribution >= 0.6 is 0 Å². The van der Waals surface area contributed by atoms with Crippen molar-refractivity contribution in [3.63, 3.8) is 0 Å². The summed E-state index contributed by atoms with van der Waals surface area (Å²) in [6, 6.07) is 9.68. The minimum absolute atomic E-state index is 0.105. The van der Waals surface area contributed by atoms with E-state index in [-0.39, 0.29) is 24.5 Å². The van der Waals surface area contributed by atoms with Gasteiger partial charge in [-0.15, -0.1) is 0 Å². The van der Waals surface area contributed by atoms with Gasteiger partial charge in [-0.2, -0.15) is 0 Å². The number of ether oxygens (including phenoxy) is 4. The Bertz CT molecular complexity index is 621. The molecular weight excluding hydrogens is 374 g/mol. The van der Waals surface area contributed by atoms with Crippen LogP contribution in [0.25, 0.3) is 0 Å². The van der Waals surface area contributed by atoms with Gasteiger partial charge in [-0.1, -0.05) is 36.8 Å². The van der Waals surface area contributed by atoms with Crippen LogP contribution in [0.15, 0.2) is 30.3 Å². The number of benzene rings is 1. The number of esters is 1.